The summed E-state index contributed by atoms with van der Waals surface area (Å²) in [6, 6.07) is 2.89. The lowest BCUT2D eigenvalue weighted by molar-refractivity contribution is -0.137. The Labute approximate surface area is 92.2 Å². The Hall–Kier alpha value is -1.23. The van der Waals surface area contributed by atoms with E-state index in [9.17, 15) is 13.2 Å². The van der Waals surface area contributed by atoms with Crippen molar-refractivity contribution in [3.8, 4) is 5.75 Å². The van der Waals surface area contributed by atoms with Crippen molar-refractivity contribution in [1.82, 2.24) is 0 Å². The molecule has 0 aliphatic heterocycles. The molecule has 1 rings (SSSR count). The quantitative estimate of drug-likeness (QED) is 0.870. The van der Waals surface area contributed by atoms with Crippen LogP contribution in [0.15, 0.2) is 18.2 Å². The molecule has 16 heavy (non-hydrogen) atoms. The summed E-state index contributed by atoms with van der Waals surface area (Å²) in [5.74, 6) is 0.391. The maximum Gasteiger partial charge on any atom is 0.416 e. The smallest absolute Gasteiger partial charge is 0.416 e. The van der Waals surface area contributed by atoms with Crippen molar-refractivity contribution < 1.29 is 17.9 Å². The minimum atomic E-state index is -4.35. The zero-order valence-electron chi connectivity index (χ0n) is 9.14. The van der Waals surface area contributed by atoms with Crippen molar-refractivity contribution in [2.75, 3.05) is 7.11 Å². The normalized spacial score (nSPS) is 13.6. The third-order valence-corrected chi connectivity index (χ3v) is 2.40. The van der Waals surface area contributed by atoms with Gasteiger partial charge in [-0.05, 0) is 24.6 Å². The standard InChI is InChI=1S/C11H14F3NO/c1-3-9(15)8-6-7(11(12,13)14)4-5-10(8)16-2/h4-6,9H,3,15H2,1-2H3. The monoisotopic (exact) mass is 233 g/mol. The van der Waals surface area contributed by atoms with Gasteiger partial charge in [-0.25, -0.2) is 0 Å². The molecule has 0 heterocycles. The van der Waals surface area contributed by atoms with Gasteiger partial charge in [-0.15, -0.1) is 0 Å². The number of rotatable bonds is 3. The maximum absolute atomic E-state index is 12.5. The minimum Gasteiger partial charge on any atom is -0.496 e. The van der Waals surface area contributed by atoms with E-state index in [1.54, 1.807) is 0 Å². The number of hydrogen-bond acceptors (Lipinski definition) is 2. The Kier molecular flexibility index (Phi) is 3.80. The third-order valence-electron chi connectivity index (χ3n) is 2.40. The van der Waals surface area contributed by atoms with Gasteiger partial charge in [0, 0.05) is 11.6 Å². The summed E-state index contributed by atoms with van der Waals surface area (Å²) in [5, 5.41) is 0. The second kappa shape index (κ2) is 4.74. The van der Waals surface area contributed by atoms with E-state index in [1.165, 1.54) is 13.2 Å². The zero-order chi connectivity index (χ0) is 12.3. The Balaban J connectivity index is 3.21. The number of alkyl halides is 3. The van der Waals surface area contributed by atoms with Crippen LogP contribution in [0.5, 0.6) is 5.75 Å². The Morgan fingerprint density at radius 2 is 2.00 bits per heavy atom. The van der Waals surface area contributed by atoms with Crippen LogP contribution in [0.25, 0.3) is 0 Å². The highest BCUT2D eigenvalue weighted by Gasteiger charge is 2.31. The van der Waals surface area contributed by atoms with Crippen molar-refractivity contribution in [2.24, 2.45) is 5.73 Å². The largest absolute Gasteiger partial charge is 0.496 e. The lowest BCUT2D eigenvalue weighted by Crippen LogP contribution is -2.13. The summed E-state index contributed by atoms with van der Waals surface area (Å²) in [6.45, 7) is 1.81. The molecule has 90 valence electrons. The summed E-state index contributed by atoms with van der Waals surface area (Å²) < 4.78 is 42.5. The van der Waals surface area contributed by atoms with Gasteiger partial charge in [0.15, 0.2) is 0 Å². The van der Waals surface area contributed by atoms with E-state index in [1.807, 2.05) is 6.92 Å². The highest BCUT2D eigenvalue weighted by Crippen LogP contribution is 2.34. The summed E-state index contributed by atoms with van der Waals surface area (Å²) in [5.41, 5.74) is 5.42. The SMILES string of the molecule is CCC(N)c1cc(C(F)(F)F)ccc1OC. The van der Waals surface area contributed by atoms with E-state index in [0.717, 1.165) is 12.1 Å². The van der Waals surface area contributed by atoms with Gasteiger partial charge in [0.1, 0.15) is 5.75 Å². The predicted molar refractivity (Wildman–Crippen MR) is 55.2 cm³/mol. The van der Waals surface area contributed by atoms with Crippen LogP contribution in [-0.4, -0.2) is 7.11 Å². The van der Waals surface area contributed by atoms with E-state index in [0.29, 0.717) is 17.7 Å². The summed E-state index contributed by atoms with van der Waals surface area (Å²) in [4.78, 5) is 0. The van der Waals surface area contributed by atoms with Gasteiger partial charge in [-0.2, -0.15) is 13.2 Å². The molecule has 0 spiro atoms. The van der Waals surface area contributed by atoms with E-state index in [2.05, 4.69) is 0 Å². The molecule has 0 fully saturated rings. The summed E-state index contributed by atoms with van der Waals surface area (Å²) >= 11 is 0. The van der Waals surface area contributed by atoms with Crippen molar-refractivity contribution in [2.45, 2.75) is 25.6 Å². The maximum atomic E-state index is 12.5. The Morgan fingerprint density at radius 3 is 2.44 bits per heavy atom. The molecule has 0 aliphatic rings. The number of halogens is 3. The minimum absolute atomic E-state index is 0.389. The molecule has 0 radical (unpaired) electrons. The number of benzene rings is 1. The third kappa shape index (κ3) is 2.66. The van der Waals surface area contributed by atoms with E-state index in [-0.39, 0.29) is 0 Å². The molecule has 1 unspecified atom stereocenters. The summed E-state index contributed by atoms with van der Waals surface area (Å²) in [7, 11) is 1.41. The number of methoxy groups -OCH3 is 1. The Bertz CT molecular complexity index is 363. The molecule has 0 saturated carbocycles. The molecule has 1 aromatic rings. The molecule has 0 aliphatic carbocycles. The molecular formula is C11H14F3NO. The van der Waals surface area contributed by atoms with Crippen LogP contribution in [-0.2, 0) is 6.18 Å². The lowest BCUT2D eigenvalue weighted by atomic mass is 10.0. The topological polar surface area (TPSA) is 35.2 Å². The fourth-order valence-electron chi connectivity index (χ4n) is 1.42. The van der Waals surface area contributed by atoms with Crippen LogP contribution >= 0.6 is 0 Å². The second-order valence-electron chi connectivity index (χ2n) is 3.47. The van der Waals surface area contributed by atoms with Gasteiger partial charge in [-0.1, -0.05) is 6.92 Å². The predicted octanol–water partition coefficient (Wildman–Crippen LogP) is 3.12. The van der Waals surface area contributed by atoms with E-state index >= 15 is 0 Å². The van der Waals surface area contributed by atoms with Gasteiger partial charge >= 0.3 is 6.18 Å². The first-order valence-corrected chi connectivity index (χ1v) is 4.90. The molecule has 5 heteroatoms. The average Bonchev–Trinajstić information content (AvgIpc) is 2.25. The molecule has 0 aromatic heterocycles. The Morgan fingerprint density at radius 1 is 1.38 bits per heavy atom. The second-order valence-corrected chi connectivity index (χ2v) is 3.47. The van der Waals surface area contributed by atoms with E-state index in [4.69, 9.17) is 10.5 Å². The first-order valence-electron chi connectivity index (χ1n) is 4.90. The molecular weight excluding hydrogens is 219 g/mol. The molecule has 0 saturated heterocycles. The average molecular weight is 233 g/mol. The zero-order valence-corrected chi connectivity index (χ0v) is 9.14. The van der Waals surface area contributed by atoms with Crippen molar-refractivity contribution in [3.63, 3.8) is 0 Å². The van der Waals surface area contributed by atoms with Crippen molar-refractivity contribution in [1.29, 1.82) is 0 Å². The van der Waals surface area contributed by atoms with Gasteiger partial charge in [0.05, 0.1) is 12.7 Å². The summed E-state index contributed by atoms with van der Waals surface area (Å²) in [6.07, 6.45) is -3.80. The number of ether oxygens (including phenoxy) is 1. The van der Waals surface area contributed by atoms with Gasteiger partial charge in [-0.3, -0.25) is 0 Å². The molecule has 2 N–H and O–H groups in total. The van der Waals surface area contributed by atoms with Gasteiger partial charge in [0.25, 0.3) is 0 Å². The fraction of sp³-hybridized carbons (Fsp3) is 0.455. The van der Waals surface area contributed by atoms with Gasteiger partial charge < -0.3 is 10.5 Å². The number of nitrogens with two attached hydrogens (primary N) is 1. The first-order chi connectivity index (χ1) is 7.40. The lowest BCUT2D eigenvalue weighted by Gasteiger charge is -2.16. The fourth-order valence-corrected chi connectivity index (χ4v) is 1.42. The molecule has 2 nitrogen and oxygen atoms in total. The van der Waals surface area contributed by atoms with Crippen molar-refractivity contribution >= 4 is 0 Å². The highest BCUT2D eigenvalue weighted by atomic mass is 19.4. The molecule has 1 atom stereocenters. The van der Waals surface area contributed by atoms with Crippen LogP contribution in [0, 0.1) is 0 Å². The number of hydrogen-bond donors (Lipinski definition) is 1. The van der Waals surface area contributed by atoms with Crippen LogP contribution in [0.4, 0.5) is 13.2 Å². The molecule has 0 bridgehead atoms. The van der Waals surface area contributed by atoms with Crippen molar-refractivity contribution in [3.05, 3.63) is 29.3 Å². The first kappa shape index (κ1) is 12.8. The van der Waals surface area contributed by atoms with Gasteiger partial charge in [0.2, 0.25) is 0 Å². The van der Waals surface area contributed by atoms with Crippen LogP contribution in [0.2, 0.25) is 0 Å². The molecule has 1 aromatic carbocycles. The van der Waals surface area contributed by atoms with Crippen LogP contribution < -0.4 is 10.5 Å². The molecule has 0 amide bonds. The van der Waals surface area contributed by atoms with E-state index < -0.39 is 17.8 Å². The van der Waals surface area contributed by atoms with Crippen LogP contribution in [0.1, 0.15) is 30.5 Å². The van der Waals surface area contributed by atoms with Crippen LogP contribution in [0.3, 0.4) is 0 Å². The highest BCUT2D eigenvalue weighted by molar-refractivity contribution is 5.40.